The van der Waals surface area contributed by atoms with Gasteiger partial charge in [-0.1, -0.05) is 25.1 Å². The van der Waals surface area contributed by atoms with Gasteiger partial charge in [0.05, 0.1) is 23.3 Å². The second kappa shape index (κ2) is 18.8. The van der Waals surface area contributed by atoms with Crippen LogP contribution in [0, 0.1) is 13.8 Å². The Kier molecular flexibility index (Phi) is 16.4. The molecule has 3 aromatic rings. The molecule has 0 radical (unpaired) electrons. The number of rotatable bonds is 6. The van der Waals surface area contributed by atoms with E-state index in [4.69, 9.17) is 4.74 Å². The average molecular weight is 693 g/mol. The van der Waals surface area contributed by atoms with Crippen LogP contribution in [0.5, 0.6) is 0 Å². The fourth-order valence-electron chi connectivity index (χ4n) is 3.96. The molecule has 0 atom stereocenters. The number of hydrogen-bond acceptors (Lipinski definition) is 4. The Balaban J connectivity index is 0.000000348. The summed E-state index contributed by atoms with van der Waals surface area (Å²) in [7, 11) is 0. The number of aromatic nitrogens is 1. The summed E-state index contributed by atoms with van der Waals surface area (Å²) >= 11 is 0. The Labute approximate surface area is 273 Å². The van der Waals surface area contributed by atoms with Crippen LogP contribution in [-0.2, 0) is 28.3 Å². The maximum absolute atomic E-state index is 12.1. The van der Waals surface area contributed by atoms with Crippen molar-refractivity contribution < 1.29 is 53.8 Å². The van der Waals surface area contributed by atoms with Gasteiger partial charge >= 0.3 is 24.5 Å². The summed E-state index contributed by atoms with van der Waals surface area (Å²) in [4.78, 5) is 26.0. The predicted molar refractivity (Wildman–Crippen MR) is 165 cm³/mol. The first kappa shape index (κ1) is 41.7. The topological polar surface area (TPSA) is 68.3 Å². The Bertz CT molecular complexity index is 1490. The van der Waals surface area contributed by atoms with Crippen LogP contribution >= 0.6 is 0 Å². The lowest BCUT2D eigenvalue weighted by molar-refractivity contribution is -0.138. The molecule has 14 heteroatoms. The van der Waals surface area contributed by atoms with Crippen molar-refractivity contribution in [3.63, 3.8) is 0 Å². The van der Waals surface area contributed by atoms with Gasteiger partial charge in [0.2, 0.25) is 6.41 Å². The molecule has 1 amide bonds. The van der Waals surface area contributed by atoms with Gasteiger partial charge in [0, 0.05) is 24.5 Å². The molecule has 4 rings (SSSR count). The number of amides is 1. The fourth-order valence-corrected chi connectivity index (χ4v) is 3.96. The molecule has 0 aliphatic heterocycles. The first-order valence-corrected chi connectivity index (χ1v) is 14.6. The van der Waals surface area contributed by atoms with Crippen LogP contribution in [0.15, 0.2) is 60.8 Å². The van der Waals surface area contributed by atoms with E-state index in [9.17, 15) is 49.1 Å². The molecule has 1 aromatic heterocycles. The summed E-state index contributed by atoms with van der Waals surface area (Å²) in [6, 6.07) is 11.7. The number of ether oxygens (including phenoxy) is 1. The van der Waals surface area contributed by atoms with Gasteiger partial charge in [0.1, 0.15) is 0 Å². The van der Waals surface area contributed by atoms with Crippen molar-refractivity contribution in [2.45, 2.75) is 78.8 Å². The van der Waals surface area contributed by atoms with Crippen molar-refractivity contribution in [2.75, 3.05) is 11.9 Å². The van der Waals surface area contributed by atoms with E-state index in [0.29, 0.717) is 35.5 Å². The molecule has 264 valence electrons. The third kappa shape index (κ3) is 16.0. The van der Waals surface area contributed by atoms with E-state index in [1.165, 1.54) is 17.7 Å². The van der Waals surface area contributed by atoms with Crippen molar-refractivity contribution in [3.05, 3.63) is 99.9 Å². The number of esters is 1. The third-order valence-electron chi connectivity index (χ3n) is 6.44. The zero-order valence-electron chi connectivity index (χ0n) is 27.0. The number of benzene rings is 2. The second-order valence-electron chi connectivity index (χ2n) is 10.4. The number of carbonyl (C=O) groups is 2. The van der Waals surface area contributed by atoms with Gasteiger partial charge in [0.15, 0.2) is 0 Å². The number of nitrogens with one attached hydrogen (secondary N) is 1. The molecule has 1 N–H and O–H groups in total. The van der Waals surface area contributed by atoms with Gasteiger partial charge in [-0.2, -0.15) is 39.5 Å². The van der Waals surface area contributed by atoms with E-state index >= 15 is 0 Å². The van der Waals surface area contributed by atoms with Crippen LogP contribution in [0.25, 0.3) is 5.57 Å². The van der Waals surface area contributed by atoms with E-state index in [1.54, 1.807) is 26.8 Å². The number of allylic oxidation sites excluding steroid dienone is 2. The monoisotopic (exact) mass is 692 g/mol. The number of halogens is 9. The Morgan fingerprint density at radius 3 is 1.92 bits per heavy atom. The number of aryl methyl sites for hydroxylation is 3. The number of alkyl halides is 9. The molecule has 2 aromatic carbocycles. The highest BCUT2D eigenvalue weighted by atomic mass is 19.4. The van der Waals surface area contributed by atoms with Crippen molar-refractivity contribution >= 4 is 23.6 Å². The van der Waals surface area contributed by atoms with E-state index in [0.717, 1.165) is 61.2 Å². The Morgan fingerprint density at radius 1 is 0.896 bits per heavy atom. The van der Waals surface area contributed by atoms with Crippen molar-refractivity contribution in [3.8, 4) is 0 Å². The lowest BCUT2D eigenvalue weighted by Crippen LogP contribution is -2.06. The zero-order valence-corrected chi connectivity index (χ0v) is 27.0. The van der Waals surface area contributed by atoms with Crippen LogP contribution < -0.4 is 5.32 Å². The largest absolute Gasteiger partial charge is 0.462 e. The molecule has 0 bridgehead atoms. The molecule has 1 aliphatic carbocycles. The molecule has 0 unspecified atom stereocenters. The molecule has 0 saturated carbocycles. The van der Waals surface area contributed by atoms with Crippen molar-refractivity contribution in [1.82, 2.24) is 4.98 Å². The quantitative estimate of drug-likeness (QED) is 0.159. The number of carbonyl (C=O) groups excluding carboxylic acids is 2. The number of pyridine rings is 1. The highest BCUT2D eigenvalue weighted by Gasteiger charge is 2.31. The minimum Gasteiger partial charge on any atom is -0.462 e. The Hall–Kier alpha value is -4.36. The lowest BCUT2D eigenvalue weighted by atomic mass is 10.0. The fraction of sp³-hybridized carbons (Fsp3) is 0.382. The summed E-state index contributed by atoms with van der Waals surface area (Å²) in [5, 5.41) is 2.59. The molecular formula is C34H37F9N2O3. The van der Waals surface area contributed by atoms with Crippen molar-refractivity contribution in [2.24, 2.45) is 0 Å². The molecular weight excluding hydrogens is 655 g/mol. The maximum atomic E-state index is 12.1. The summed E-state index contributed by atoms with van der Waals surface area (Å²) in [5.74, 6) is -0.364. The normalized spacial score (nSPS) is 12.6. The molecule has 0 fully saturated rings. The summed E-state index contributed by atoms with van der Waals surface area (Å²) < 4.78 is 108. The van der Waals surface area contributed by atoms with Gasteiger partial charge < -0.3 is 10.1 Å². The predicted octanol–water partition coefficient (Wildman–Crippen LogP) is 10.6. The van der Waals surface area contributed by atoms with E-state index in [2.05, 4.69) is 16.4 Å². The first-order chi connectivity index (χ1) is 22.2. The number of nitrogens with zero attached hydrogens (tertiary/aromatic N) is 1. The molecule has 1 aliphatic rings. The van der Waals surface area contributed by atoms with Crippen LogP contribution in [0.2, 0.25) is 0 Å². The van der Waals surface area contributed by atoms with Crippen LogP contribution in [0.1, 0.15) is 83.9 Å². The number of anilines is 1. The zero-order chi connectivity index (χ0) is 36.7. The van der Waals surface area contributed by atoms with Gasteiger partial charge in [-0.15, -0.1) is 0 Å². The molecule has 48 heavy (non-hydrogen) atoms. The second-order valence-corrected chi connectivity index (χ2v) is 10.4. The highest BCUT2D eigenvalue weighted by molar-refractivity contribution is 5.93. The number of hydrogen-bond donors (Lipinski definition) is 1. The average Bonchev–Trinajstić information content (AvgIpc) is 3.53. The smallest absolute Gasteiger partial charge is 0.417 e. The highest BCUT2D eigenvalue weighted by Crippen LogP contribution is 2.31. The Morgan fingerprint density at radius 2 is 1.48 bits per heavy atom. The molecule has 1 heterocycles. The van der Waals surface area contributed by atoms with Gasteiger partial charge in [-0.25, -0.2) is 4.79 Å². The standard InChI is InChI=1S/C15H17NO3.C9H9F3.C8H8F3N.C2H3F3/c1-2-19-15(18)13-7-12(11-5-3-4-6-11)8-14(9-13)16-10-17;1-2-7-3-5-8(6-4-7)9(10,11)12;1-5-3-7(8(9,10)11)4-12-6(5)2;1-2(3,4)5/h5,7-10H,2-4,6H2,1H3,(H,16,17);3-6H,2H2,1H3;3-4H,1-2H3;1H3. The minimum absolute atomic E-state index is 0.188. The van der Waals surface area contributed by atoms with Crippen LogP contribution in [0.4, 0.5) is 45.2 Å². The van der Waals surface area contributed by atoms with E-state index in [-0.39, 0.29) is 12.9 Å². The third-order valence-corrected chi connectivity index (χ3v) is 6.44. The summed E-state index contributed by atoms with van der Waals surface area (Å²) in [6.07, 6.45) is -4.90. The van der Waals surface area contributed by atoms with Crippen LogP contribution in [0.3, 0.4) is 0 Å². The molecule has 0 saturated heterocycles. The van der Waals surface area contributed by atoms with Gasteiger partial charge in [-0.05, 0) is 105 Å². The maximum Gasteiger partial charge on any atom is 0.417 e. The SMILES string of the molecule is CC(F)(F)F.CCOC(=O)c1cc(NC=O)cc(C2=CCCC2)c1.CCc1ccc(C(F)(F)F)cc1.Cc1cc(C(F)(F)F)cnc1C. The molecule has 5 nitrogen and oxygen atoms in total. The van der Waals surface area contributed by atoms with Crippen LogP contribution in [-0.4, -0.2) is 30.1 Å². The van der Waals surface area contributed by atoms with E-state index in [1.807, 2.05) is 19.1 Å². The van der Waals surface area contributed by atoms with Gasteiger partial charge in [0.25, 0.3) is 0 Å². The minimum atomic E-state index is -4.29. The summed E-state index contributed by atoms with van der Waals surface area (Å²) in [5.41, 5.74) is 4.12. The lowest BCUT2D eigenvalue weighted by Gasteiger charge is -2.09. The first-order valence-electron chi connectivity index (χ1n) is 14.6. The summed E-state index contributed by atoms with van der Waals surface area (Å²) in [6.45, 7) is 7.48. The van der Waals surface area contributed by atoms with E-state index < -0.39 is 29.7 Å². The van der Waals surface area contributed by atoms with Crippen molar-refractivity contribution in [1.29, 1.82) is 0 Å². The molecule has 0 spiro atoms. The van der Waals surface area contributed by atoms with Gasteiger partial charge in [-0.3, -0.25) is 9.78 Å².